The minimum absolute atomic E-state index is 0.165. The fourth-order valence-corrected chi connectivity index (χ4v) is 4.36. The number of carbonyl (C=O) groups excluding carboxylic acids is 1. The lowest BCUT2D eigenvalue weighted by molar-refractivity contribution is 0.0792. The van der Waals surface area contributed by atoms with Crippen LogP contribution >= 0.6 is 0 Å². The summed E-state index contributed by atoms with van der Waals surface area (Å²) in [6, 6.07) is 4.46. The summed E-state index contributed by atoms with van der Waals surface area (Å²) >= 11 is 0. The van der Waals surface area contributed by atoms with Crippen molar-refractivity contribution in [2.24, 2.45) is 11.8 Å². The second-order valence-electron chi connectivity index (χ2n) is 7.84. The Kier molecular flexibility index (Phi) is 4.21. The number of anilines is 1. The molecule has 0 bridgehead atoms. The first kappa shape index (κ1) is 15.9. The van der Waals surface area contributed by atoms with Crippen LogP contribution in [0, 0.1) is 11.8 Å². The number of aromatic nitrogens is 1. The first-order chi connectivity index (χ1) is 11.6. The molecule has 2 saturated heterocycles. The molecule has 1 amide bonds. The molecule has 0 N–H and O–H groups in total. The lowest BCUT2D eigenvalue weighted by Gasteiger charge is -2.24. The molecule has 3 aliphatic rings. The Labute approximate surface area is 144 Å². The van der Waals surface area contributed by atoms with Crippen molar-refractivity contribution in [1.29, 1.82) is 0 Å². The van der Waals surface area contributed by atoms with E-state index in [-0.39, 0.29) is 5.91 Å². The van der Waals surface area contributed by atoms with Crippen molar-refractivity contribution in [2.75, 3.05) is 45.2 Å². The summed E-state index contributed by atoms with van der Waals surface area (Å²) in [4.78, 5) is 23.9. The van der Waals surface area contributed by atoms with E-state index in [9.17, 15) is 4.79 Å². The number of likely N-dealkylation sites (N-methyl/N-ethyl adjacent to an activating group) is 1. The van der Waals surface area contributed by atoms with Crippen LogP contribution in [0.2, 0.25) is 0 Å². The molecule has 0 unspecified atom stereocenters. The van der Waals surface area contributed by atoms with E-state index in [0.717, 1.165) is 62.2 Å². The molecule has 1 saturated carbocycles. The topological polar surface area (TPSA) is 39.7 Å². The highest BCUT2D eigenvalue weighted by molar-refractivity contribution is 5.95. The maximum atomic E-state index is 12.6. The van der Waals surface area contributed by atoms with Gasteiger partial charge in [0.15, 0.2) is 0 Å². The normalized spacial score (nSPS) is 27.3. The quantitative estimate of drug-likeness (QED) is 0.848. The van der Waals surface area contributed by atoms with Gasteiger partial charge in [-0.3, -0.25) is 4.79 Å². The Morgan fingerprint density at radius 3 is 2.62 bits per heavy atom. The zero-order valence-corrected chi connectivity index (χ0v) is 14.8. The Hall–Kier alpha value is -1.62. The molecule has 0 radical (unpaired) electrons. The van der Waals surface area contributed by atoms with Crippen LogP contribution in [-0.2, 0) is 0 Å². The Balaban J connectivity index is 1.52. The summed E-state index contributed by atoms with van der Waals surface area (Å²) < 4.78 is 0. The average molecular weight is 328 g/mol. The van der Waals surface area contributed by atoms with E-state index in [0.29, 0.717) is 6.04 Å². The summed E-state index contributed by atoms with van der Waals surface area (Å²) in [5.74, 6) is 2.75. The van der Waals surface area contributed by atoms with Crippen LogP contribution in [0.5, 0.6) is 0 Å². The third kappa shape index (κ3) is 3.02. The predicted octanol–water partition coefficient (Wildman–Crippen LogP) is 2.09. The number of pyridine rings is 1. The van der Waals surface area contributed by atoms with E-state index < -0.39 is 0 Å². The second kappa shape index (κ2) is 6.36. The van der Waals surface area contributed by atoms with Gasteiger partial charge in [0, 0.05) is 44.0 Å². The third-order valence-corrected chi connectivity index (χ3v) is 5.93. The predicted molar refractivity (Wildman–Crippen MR) is 95.3 cm³/mol. The molecule has 5 heteroatoms. The van der Waals surface area contributed by atoms with Crippen LogP contribution < -0.4 is 4.90 Å². The van der Waals surface area contributed by atoms with E-state index >= 15 is 0 Å². The maximum Gasteiger partial charge on any atom is 0.254 e. The number of hydrogen-bond donors (Lipinski definition) is 0. The number of hydrogen-bond acceptors (Lipinski definition) is 4. The smallest absolute Gasteiger partial charge is 0.254 e. The lowest BCUT2D eigenvalue weighted by atomic mass is 9.97. The van der Waals surface area contributed by atoms with Crippen molar-refractivity contribution in [2.45, 2.75) is 31.7 Å². The van der Waals surface area contributed by atoms with Gasteiger partial charge in [0.05, 0.1) is 0 Å². The van der Waals surface area contributed by atoms with E-state index in [1.165, 1.54) is 12.8 Å². The van der Waals surface area contributed by atoms with Gasteiger partial charge in [-0.1, -0.05) is 0 Å². The Morgan fingerprint density at radius 1 is 1.21 bits per heavy atom. The van der Waals surface area contributed by atoms with Crippen molar-refractivity contribution in [3.63, 3.8) is 0 Å². The largest absolute Gasteiger partial charge is 0.355 e. The SMILES string of the molecule is CN(C)[C@@H]1CN(c2cc(C(=O)N3CCCC3)ccn2)C[C@H]1C1CC1. The monoisotopic (exact) mass is 328 g/mol. The third-order valence-electron chi connectivity index (χ3n) is 5.93. The van der Waals surface area contributed by atoms with Crippen LogP contribution in [0.1, 0.15) is 36.0 Å². The molecule has 0 spiro atoms. The molecular formula is C19H28N4O. The molecule has 4 rings (SSSR count). The first-order valence-corrected chi connectivity index (χ1v) is 9.30. The van der Waals surface area contributed by atoms with E-state index in [2.05, 4.69) is 28.9 Å². The van der Waals surface area contributed by atoms with Gasteiger partial charge < -0.3 is 14.7 Å². The summed E-state index contributed by atoms with van der Waals surface area (Å²) in [6.07, 6.45) is 6.81. The number of carbonyl (C=O) groups is 1. The molecule has 3 fully saturated rings. The number of nitrogens with zero attached hydrogens (tertiary/aromatic N) is 4. The van der Waals surface area contributed by atoms with Crippen molar-refractivity contribution in [3.8, 4) is 0 Å². The summed E-state index contributed by atoms with van der Waals surface area (Å²) in [5, 5.41) is 0. The summed E-state index contributed by atoms with van der Waals surface area (Å²) in [7, 11) is 4.37. The Morgan fingerprint density at radius 2 is 1.96 bits per heavy atom. The molecule has 24 heavy (non-hydrogen) atoms. The van der Waals surface area contributed by atoms with Gasteiger partial charge in [-0.25, -0.2) is 4.98 Å². The highest BCUT2D eigenvalue weighted by Gasteiger charge is 2.43. The standard InChI is InChI=1S/C19H28N4O/c1-21(2)17-13-23(12-16(17)14-5-6-14)18-11-15(7-8-20-18)19(24)22-9-3-4-10-22/h7-8,11,14,16-17H,3-6,9-10,12-13H2,1-2H3/t16-,17+/m0/s1. The van der Waals surface area contributed by atoms with Crippen LogP contribution in [0.4, 0.5) is 5.82 Å². The molecular weight excluding hydrogens is 300 g/mol. The molecule has 0 aromatic carbocycles. The minimum Gasteiger partial charge on any atom is -0.355 e. The van der Waals surface area contributed by atoms with Crippen molar-refractivity contribution >= 4 is 11.7 Å². The molecule has 130 valence electrons. The highest BCUT2D eigenvalue weighted by atomic mass is 16.2. The van der Waals surface area contributed by atoms with Gasteiger partial charge in [0.1, 0.15) is 5.82 Å². The van der Waals surface area contributed by atoms with Crippen molar-refractivity contribution < 1.29 is 4.79 Å². The van der Waals surface area contributed by atoms with Crippen molar-refractivity contribution in [3.05, 3.63) is 23.9 Å². The van der Waals surface area contributed by atoms with Gasteiger partial charge in [-0.05, 0) is 63.7 Å². The molecule has 2 atom stereocenters. The van der Waals surface area contributed by atoms with E-state index in [4.69, 9.17) is 0 Å². The van der Waals surface area contributed by atoms with Crippen LogP contribution in [0.15, 0.2) is 18.3 Å². The highest BCUT2D eigenvalue weighted by Crippen LogP contribution is 2.43. The minimum atomic E-state index is 0.165. The first-order valence-electron chi connectivity index (χ1n) is 9.30. The van der Waals surface area contributed by atoms with Gasteiger partial charge in [0.25, 0.3) is 5.91 Å². The van der Waals surface area contributed by atoms with E-state index in [1.54, 1.807) is 6.20 Å². The molecule has 2 aliphatic heterocycles. The lowest BCUT2D eigenvalue weighted by Crippen LogP contribution is -2.36. The fourth-order valence-electron chi connectivity index (χ4n) is 4.36. The molecule has 3 heterocycles. The molecule has 1 aromatic heterocycles. The van der Waals surface area contributed by atoms with Gasteiger partial charge in [-0.2, -0.15) is 0 Å². The Bertz CT molecular complexity index is 597. The molecule has 1 aliphatic carbocycles. The molecule has 5 nitrogen and oxygen atoms in total. The average Bonchev–Trinajstić information content (AvgIpc) is 3.12. The molecule has 1 aromatic rings. The zero-order valence-electron chi connectivity index (χ0n) is 14.8. The van der Waals surface area contributed by atoms with Crippen LogP contribution in [0.3, 0.4) is 0 Å². The van der Waals surface area contributed by atoms with Crippen LogP contribution in [-0.4, -0.2) is 67.0 Å². The zero-order chi connectivity index (χ0) is 16.7. The van der Waals surface area contributed by atoms with E-state index in [1.807, 2.05) is 17.0 Å². The number of amides is 1. The summed E-state index contributed by atoms with van der Waals surface area (Å²) in [5.41, 5.74) is 0.790. The summed E-state index contributed by atoms with van der Waals surface area (Å²) in [6.45, 7) is 3.88. The van der Waals surface area contributed by atoms with Crippen LogP contribution in [0.25, 0.3) is 0 Å². The van der Waals surface area contributed by atoms with Gasteiger partial charge >= 0.3 is 0 Å². The fraction of sp³-hybridized carbons (Fsp3) is 0.684. The number of likely N-dealkylation sites (tertiary alicyclic amines) is 1. The second-order valence-corrected chi connectivity index (χ2v) is 7.84. The van der Waals surface area contributed by atoms with Gasteiger partial charge in [-0.15, -0.1) is 0 Å². The number of rotatable bonds is 4. The van der Waals surface area contributed by atoms with Gasteiger partial charge in [0.2, 0.25) is 0 Å². The maximum absolute atomic E-state index is 12.6. The van der Waals surface area contributed by atoms with Crippen molar-refractivity contribution in [1.82, 2.24) is 14.8 Å².